The van der Waals surface area contributed by atoms with Crippen LogP contribution in [0.25, 0.3) is 0 Å². The molecule has 0 amide bonds. The maximum atomic E-state index is 5.86. The van der Waals surface area contributed by atoms with E-state index in [1.54, 1.807) is 0 Å². The molecule has 1 aromatic rings. The van der Waals surface area contributed by atoms with Crippen molar-refractivity contribution in [2.45, 2.75) is 53.4 Å². The first kappa shape index (κ1) is 14.9. The number of unbranched alkanes of at least 4 members (excludes halogenated alkanes) is 2. The minimum atomic E-state index is 0.341. The third-order valence-electron chi connectivity index (χ3n) is 3.33. The number of nitrogens with two attached hydrogens (primary N) is 1. The van der Waals surface area contributed by atoms with Gasteiger partial charge in [0.1, 0.15) is 0 Å². The molecule has 0 aromatic heterocycles. The number of hydrogen-bond donors (Lipinski definition) is 2. The molecule has 0 heterocycles. The second-order valence-corrected chi connectivity index (χ2v) is 6.11. The zero-order valence-corrected chi connectivity index (χ0v) is 12.3. The minimum absolute atomic E-state index is 0.341. The van der Waals surface area contributed by atoms with E-state index < -0.39 is 0 Å². The van der Waals surface area contributed by atoms with Gasteiger partial charge >= 0.3 is 0 Å². The van der Waals surface area contributed by atoms with E-state index in [4.69, 9.17) is 5.73 Å². The van der Waals surface area contributed by atoms with E-state index >= 15 is 0 Å². The third-order valence-corrected chi connectivity index (χ3v) is 3.33. The van der Waals surface area contributed by atoms with Gasteiger partial charge in [-0.15, -0.1) is 0 Å². The van der Waals surface area contributed by atoms with E-state index in [1.807, 2.05) is 12.1 Å². The SMILES string of the molecule is CCCCCC(C)(C)CNc1cc(C)cc(N)c1. The fraction of sp³-hybridized carbons (Fsp3) is 0.625. The van der Waals surface area contributed by atoms with Crippen LogP contribution in [0.15, 0.2) is 18.2 Å². The van der Waals surface area contributed by atoms with Gasteiger partial charge in [-0.3, -0.25) is 0 Å². The molecule has 2 nitrogen and oxygen atoms in total. The molecule has 0 radical (unpaired) electrons. The maximum absolute atomic E-state index is 5.86. The van der Waals surface area contributed by atoms with E-state index in [9.17, 15) is 0 Å². The van der Waals surface area contributed by atoms with Gasteiger partial charge in [-0.2, -0.15) is 0 Å². The molecule has 18 heavy (non-hydrogen) atoms. The summed E-state index contributed by atoms with van der Waals surface area (Å²) in [7, 11) is 0. The number of nitrogens with one attached hydrogen (secondary N) is 1. The molecule has 0 unspecified atom stereocenters. The van der Waals surface area contributed by atoms with Gasteiger partial charge in [0.05, 0.1) is 0 Å². The van der Waals surface area contributed by atoms with Crippen molar-refractivity contribution in [1.29, 1.82) is 0 Å². The quantitative estimate of drug-likeness (QED) is 0.547. The minimum Gasteiger partial charge on any atom is -0.399 e. The Balaban J connectivity index is 2.47. The molecule has 0 saturated carbocycles. The molecule has 2 heteroatoms. The molecule has 0 atom stereocenters. The van der Waals surface area contributed by atoms with Crippen LogP contribution in [-0.4, -0.2) is 6.54 Å². The molecule has 102 valence electrons. The van der Waals surface area contributed by atoms with Gasteiger partial charge in [0, 0.05) is 17.9 Å². The Morgan fingerprint density at radius 2 is 1.89 bits per heavy atom. The summed E-state index contributed by atoms with van der Waals surface area (Å²) in [6.45, 7) is 9.98. The highest BCUT2D eigenvalue weighted by Gasteiger charge is 2.16. The van der Waals surface area contributed by atoms with Crippen molar-refractivity contribution in [2.75, 3.05) is 17.6 Å². The molecule has 0 aliphatic heterocycles. The molecule has 0 aliphatic rings. The van der Waals surface area contributed by atoms with Crippen molar-refractivity contribution in [1.82, 2.24) is 0 Å². The van der Waals surface area contributed by atoms with Crippen LogP contribution >= 0.6 is 0 Å². The first-order chi connectivity index (χ1) is 8.43. The van der Waals surface area contributed by atoms with Crippen molar-refractivity contribution in [3.8, 4) is 0 Å². The van der Waals surface area contributed by atoms with Gasteiger partial charge in [0.25, 0.3) is 0 Å². The molecule has 0 fully saturated rings. The van der Waals surface area contributed by atoms with Crippen molar-refractivity contribution in [3.63, 3.8) is 0 Å². The summed E-state index contributed by atoms with van der Waals surface area (Å²) in [6, 6.07) is 6.16. The second-order valence-electron chi connectivity index (χ2n) is 6.11. The number of nitrogen functional groups attached to an aromatic ring is 1. The van der Waals surface area contributed by atoms with Crippen LogP contribution in [-0.2, 0) is 0 Å². The molecule has 0 spiro atoms. The Morgan fingerprint density at radius 3 is 2.50 bits per heavy atom. The largest absolute Gasteiger partial charge is 0.399 e. The zero-order chi connectivity index (χ0) is 13.6. The summed E-state index contributed by atoms with van der Waals surface area (Å²) in [5.74, 6) is 0. The van der Waals surface area contributed by atoms with E-state index in [2.05, 4.69) is 39.1 Å². The topological polar surface area (TPSA) is 38.0 Å². The Kier molecular flexibility index (Phi) is 5.52. The van der Waals surface area contributed by atoms with Crippen LogP contribution in [0.4, 0.5) is 11.4 Å². The first-order valence-electron chi connectivity index (χ1n) is 7.04. The molecule has 1 aromatic carbocycles. The number of rotatable bonds is 7. The summed E-state index contributed by atoms with van der Waals surface area (Å²) in [5.41, 5.74) is 9.38. The van der Waals surface area contributed by atoms with Crippen LogP contribution in [0.1, 0.15) is 52.0 Å². The van der Waals surface area contributed by atoms with Crippen LogP contribution in [0.3, 0.4) is 0 Å². The number of aryl methyl sites for hydroxylation is 1. The van der Waals surface area contributed by atoms with Crippen LogP contribution in [0, 0.1) is 12.3 Å². The number of hydrogen-bond acceptors (Lipinski definition) is 2. The summed E-state index contributed by atoms with van der Waals surface area (Å²) in [5, 5.41) is 3.51. The van der Waals surface area contributed by atoms with Gasteiger partial charge in [-0.05, 0) is 42.5 Å². The standard InChI is InChI=1S/C16H28N2/c1-5-6-7-8-16(3,4)12-18-15-10-13(2)9-14(17)11-15/h9-11,18H,5-8,12,17H2,1-4H3. The van der Waals surface area contributed by atoms with E-state index in [1.165, 1.54) is 31.2 Å². The summed E-state index contributed by atoms with van der Waals surface area (Å²) < 4.78 is 0. The van der Waals surface area contributed by atoms with Crippen LogP contribution in [0.5, 0.6) is 0 Å². The smallest absolute Gasteiger partial charge is 0.0363 e. The van der Waals surface area contributed by atoms with Gasteiger partial charge in [-0.1, -0.05) is 40.0 Å². The Bertz CT molecular complexity index is 349. The first-order valence-corrected chi connectivity index (χ1v) is 7.04. The summed E-state index contributed by atoms with van der Waals surface area (Å²) >= 11 is 0. The van der Waals surface area contributed by atoms with Crippen LogP contribution < -0.4 is 11.1 Å². The molecule has 0 bridgehead atoms. The molecular weight excluding hydrogens is 220 g/mol. The van der Waals surface area contributed by atoms with Gasteiger partial charge in [0.2, 0.25) is 0 Å². The molecule has 0 aliphatic carbocycles. The molecular formula is C16H28N2. The van der Waals surface area contributed by atoms with E-state index in [0.29, 0.717) is 5.41 Å². The number of benzene rings is 1. The second kappa shape index (κ2) is 6.67. The lowest BCUT2D eigenvalue weighted by atomic mass is 9.87. The van der Waals surface area contributed by atoms with Gasteiger partial charge in [-0.25, -0.2) is 0 Å². The lowest BCUT2D eigenvalue weighted by molar-refractivity contribution is 0.342. The Morgan fingerprint density at radius 1 is 1.17 bits per heavy atom. The molecule has 0 saturated heterocycles. The zero-order valence-electron chi connectivity index (χ0n) is 12.3. The van der Waals surface area contributed by atoms with Gasteiger partial charge < -0.3 is 11.1 Å². The predicted octanol–water partition coefficient (Wildman–Crippen LogP) is 4.60. The summed E-state index contributed by atoms with van der Waals surface area (Å²) in [4.78, 5) is 0. The molecule has 3 N–H and O–H groups in total. The van der Waals surface area contributed by atoms with E-state index in [0.717, 1.165) is 17.9 Å². The van der Waals surface area contributed by atoms with E-state index in [-0.39, 0.29) is 0 Å². The van der Waals surface area contributed by atoms with Crippen molar-refractivity contribution in [2.24, 2.45) is 5.41 Å². The maximum Gasteiger partial charge on any atom is 0.0363 e. The van der Waals surface area contributed by atoms with Crippen molar-refractivity contribution in [3.05, 3.63) is 23.8 Å². The van der Waals surface area contributed by atoms with Crippen LogP contribution in [0.2, 0.25) is 0 Å². The number of anilines is 2. The lowest BCUT2D eigenvalue weighted by Crippen LogP contribution is -2.23. The monoisotopic (exact) mass is 248 g/mol. The average molecular weight is 248 g/mol. The van der Waals surface area contributed by atoms with Gasteiger partial charge in [0.15, 0.2) is 0 Å². The van der Waals surface area contributed by atoms with Crippen molar-refractivity contribution < 1.29 is 0 Å². The molecule has 1 rings (SSSR count). The highest BCUT2D eigenvalue weighted by atomic mass is 14.9. The Labute approximate surface area is 112 Å². The van der Waals surface area contributed by atoms with Crippen molar-refractivity contribution >= 4 is 11.4 Å². The third kappa shape index (κ3) is 5.44. The predicted molar refractivity (Wildman–Crippen MR) is 82.0 cm³/mol. The lowest BCUT2D eigenvalue weighted by Gasteiger charge is -2.25. The normalized spacial score (nSPS) is 11.6. The summed E-state index contributed by atoms with van der Waals surface area (Å²) in [6.07, 6.45) is 5.22. The highest BCUT2D eigenvalue weighted by molar-refractivity contribution is 5.56. The highest BCUT2D eigenvalue weighted by Crippen LogP contribution is 2.25. The average Bonchev–Trinajstić information content (AvgIpc) is 2.25. The Hall–Kier alpha value is -1.18. The fourth-order valence-corrected chi connectivity index (χ4v) is 2.20. The fourth-order valence-electron chi connectivity index (χ4n) is 2.20.